The summed E-state index contributed by atoms with van der Waals surface area (Å²) in [6, 6.07) is 0. The fourth-order valence-corrected chi connectivity index (χ4v) is 2.95. The second kappa shape index (κ2) is 5.37. The number of Topliss-reactive ketones (excluding diaryl/α,β-unsaturated/α-hetero) is 1. The summed E-state index contributed by atoms with van der Waals surface area (Å²) in [7, 11) is 0. The molecular formula is C15H26O5. The van der Waals surface area contributed by atoms with Crippen LogP contribution in [0.15, 0.2) is 0 Å². The summed E-state index contributed by atoms with van der Waals surface area (Å²) < 4.78 is 23.0. The van der Waals surface area contributed by atoms with Gasteiger partial charge in [-0.15, -0.1) is 0 Å². The van der Waals surface area contributed by atoms with Crippen LogP contribution in [0.1, 0.15) is 48.0 Å². The average molecular weight is 286 g/mol. The Morgan fingerprint density at radius 2 is 1.80 bits per heavy atom. The van der Waals surface area contributed by atoms with Gasteiger partial charge in [0.1, 0.15) is 6.10 Å². The molecular weight excluding hydrogens is 260 g/mol. The first-order valence-electron chi connectivity index (χ1n) is 7.27. The third kappa shape index (κ3) is 3.58. The molecule has 2 aliphatic rings. The molecule has 2 saturated heterocycles. The summed E-state index contributed by atoms with van der Waals surface area (Å²) in [4.78, 5) is 11.7. The van der Waals surface area contributed by atoms with Crippen LogP contribution in [0.4, 0.5) is 0 Å². The van der Waals surface area contributed by atoms with Crippen molar-refractivity contribution in [3.8, 4) is 0 Å². The lowest BCUT2D eigenvalue weighted by atomic mass is 9.92. The van der Waals surface area contributed by atoms with E-state index in [-0.39, 0.29) is 23.9 Å². The minimum absolute atomic E-state index is 0.0105. The molecule has 5 heteroatoms. The highest BCUT2D eigenvalue weighted by molar-refractivity contribution is 5.81. The van der Waals surface area contributed by atoms with Crippen LogP contribution in [-0.2, 0) is 23.7 Å². The number of ether oxygens (including phenoxy) is 4. The van der Waals surface area contributed by atoms with Crippen molar-refractivity contribution >= 4 is 5.78 Å². The van der Waals surface area contributed by atoms with E-state index in [1.807, 2.05) is 27.7 Å². The molecule has 0 aromatic rings. The summed E-state index contributed by atoms with van der Waals surface area (Å²) in [5.74, 6) is -1.05. The molecule has 2 aliphatic heterocycles. The molecule has 2 rings (SSSR count). The van der Waals surface area contributed by atoms with E-state index in [9.17, 15) is 4.79 Å². The predicted molar refractivity (Wildman–Crippen MR) is 73.2 cm³/mol. The standard InChI is InChI=1S/C15H26O5/c1-9(7-11-8-17-14(3,4)18-11)12-13(10(2)16)20-15(5,6)19-12/h9,11-13H,7-8H2,1-6H3/t9-,11-,12+,13+/m1/s1. The fourth-order valence-electron chi connectivity index (χ4n) is 2.95. The number of hydrogen-bond donors (Lipinski definition) is 0. The zero-order valence-corrected chi connectivity index (χ0v) is 13.3. The summed E-state index contributed by atoms with van der Waals surface area (Å²) >= 11 is 0. The Morgan fingerprint density at radius 1 is 1.15 bits per heavy atom. The highest BCUT2D eigenvalue weighted by Gasteiger charge is 2.47. The number of rotatable bonds is 4. The van der Waals surface area contributed by atoms with Crippen LogP contribution < -0.4 is 0 Å². The normalized spacial score (nSPS) is 37.0. The van der Waals surface area contributed by atoms with E-state index >= 15 is 0 Å². The van der Waals surface area contributed by atoms with Crippen LogP contribution in [0.2, 0.25) is 0 Å². The molecule has 0 spiro atoms. The van der Waals surface area contributed by atoms with Gasteiger partial charge in [0, 0.05) is 0 Å². The van der Waals surface area contributed by atoms with Gasteiger partial charge in [-0.25, -0.2) is 0 Å². The molecule has 20 heavy (non-hydrogen) atoms. The monoisotopic (exact) mass is 286 g/mol. The molecule has 2 fully saturated rings. The predicted octanol–water partition coefficient (Wildman–Crippen LogP) is 2.27. The zero-order chi connectivity index (χ0) is 15.1. The van der Waals surface area contributed by atoms with Crippen LogP contribution in [0.3, 0.4) is 0 Å². The maximum absolute atomic E-state index is 11.7. The van der Waals surface area contributed by atoms with E-state index in [2.05, 4.69) is 6.92 Å². The van der Waals surface area contributed by atoms with Gasteiger partial charge >= 0.3 is 0 Å². The van der Waals surface area contributed by atoms with Gasteiger partial charge in [0.15, 0.2) is 17.4 Å². The molecule has 0 unspecified atom stereocenters. The van der Waals surface area contributed by atoms with E-state index in [0.717, 1.165) is 6.42 Å². The van der Waals surface area contributed by atoms with Crippen molar-refractivity contribution in [2.75, 3.05) is 6.61 Å². The highest BCUT2D eigenvalue weighted by atomic mass is 16.8. The molecule has 0 aromatic carbocycles. The number of ketones is 1. The molecule has 0 amide bonds. The van der Waals surface area contributed by atoms with Gasteiger partial charge in [-0.3, -0.25) is 4.79 Å². The van der Waals surface area contributed by atoms with Crippen LogP contribution in [0.25, 0.3) is 0 Å². The Balaban J connectivity index is 1.97. The van der Waals surface area contributed by atoms with E-state index < -0.39 is 17.7 Å². The van der Waals surface area contributed by atoms with E-state index in [4.69, 9.17) is 18.9 Å². The third-order valence-corrected chi connectivity index (χ3v) is 3.79. The first kappa shape index (κ1) is 15.9. The summed E-state index contributed by atoms with van der Waals surface area (Å²) in [5, 5.41) is 0. The SMILES string of the molecule is CC(=O)[C@@H]1OC(C)(C)O[C@H]1[C@H](C)C[C@@H]1COC(C)(C)O1. The molecule has 4 atom stereocenters. The maximum atomic E-state index is 11.7. The topological polar surface area (TPSA) is 54.0 Å². The molecule has 0 N–H and O–H groups in total. The molecule has 0 aliphatic carbocycles. The fraction of sp³-hybridized carbons (Fsp3) is 0.933. The molecule has 116 valence electrons. The summed E-state index contributed by atoms with van der Waals surface area (Å²) in [5.41, 5.74) is 0. The molecule has 2 heterocycles. The second-order valence-electron chi connectivity index (χ2n) is 6.80. The second-order valence-corrected chi connectivity index (χ2v) is 6.80. The van der Waals surface area contributed by atoms with E-state index in [1.54, 1.807) is 6.92 Å². The summed E-state index contributed by atoms with van der Waals surface area (Å²) in [6.45, 7) is 11.7. The Kier molecular flexibility index (Phi) is 4.27. The van der Waals surface area contributed by atoms with Crippen molar-refractivity contribution in [2.45, 2.75) is 77.8 Å². The number of hydrogen-bond acceptors (Lipinski definition) is 5. The number of carbonyl (C=O) groups is 1. The first-order valence-corrected chi connectivity index (χ1v) is 7.27. The minimum atomic E-state index is -0.707. The quantitative estimate of drug-likeness (QED) is 0.793. The van der Waals surface area contributed by atoms with E-state index in [1.165, 1.54) is 0 Å². The highest BCUT2D eigenvalue weighted by Crippen LogP contribution is 2.36. The van der Waals surface area contributed by atoms with Gasteiger partial charge < -0.3 is 18.9 Å². The lowest BCUT2D eigenvalue weighted by Crippen LogP contribution is -2.36. The van der Waals surface area contributed by atoms with Crippen LogP contribution in [-0.4, -0.2) is 42.3 Å². The van der Waals surface area contributed by atoms with Gasteiger partial charge in [-0.05, 0) is 47.0 Å². The Bertz CT molecular complexity index is 376. The van der Waals surface area contributed by atoms with Gasteiger partial charge in [0.2, 0.25) is 0 Å². The number of carbonyl (C=O) groups excluding carboxylic acids is 1. The Hall–Kier alpha value is -0.490. The first-order chi connectivity index (χ1) is 9.10. The molecule has 5 nitrogen and oxygen atoms in total. The Labute approximate surface area is 120 Å². The van der Waals surface area contributed by atoms with Gasteiger partial charge in [0.25, 0.3) is 0 Å². The van der Waals surface area contributed by atoms with Crippen LogP contribution in [0.5, 0.6) is 0 Å². The molecule has 0 bridgehead atoms. The van der Waals surface area contributed by atoms with Crippen molar-refractivity contribution in [1.82, 2.24) is 0 Å². The molecule has 0 saturated carbocycles. The van der Waals surface area contributed by atoms with Crippen LogP contribution >= 0.6 is 0 Å². The van der Waals surface area contributed by atoms with Gasteiger partial charge in [-0.2, -0.15) is 0 Å². The molecule has 0 radical (unpaired) electrons. The zero-order valence-electron chi connectivity index (χ0n) is 13.3. The van der Waals surface area contributed by atoms with Gasteiger partial charge in [-0.1, -0.05) is 6.92 Å². The van der Waals surface area contributed by atoms with E-state index in [0.29, 0.717) is 6.61 Å². The summed E-state index contributed by atoms with van der Waals surface area (Å²) in [6.07, 6.45) is 0.113. The van der Waals surface area contributed by atoms with Gasteiger partial charge in [0.05, 0.1) is 18.8 Å². The molecule has 0 aromatic heterocycles. The minimum Gasteiger partial charge on any atom is -0.348 e. The third-order valence-electron chi connectivity index (χ3n) is 3.79. The largest absolute Gasteiger partial charge is 0.348 e. The van der Waals surface area contributed by atoms with Crippen molar-refractivity contribution in [1.29, 1.82) is 0 Å². The van der Waals surface area contributed by atoms with Crippen molar-refractivity contribution in [3.63, 3.8) is 0 Å². The Morgan fingerprint density at radius 3 is 2.30 bits per heavy atom. The van der Waals surface area contributed by atoms with Crippen molar-refractivity contribution < 1.29 is 23.7 Å². The lowest BCUT2D eigenvalue weighted by molar-refractivity contribution is -0.158. The van der Waals surface area contributed by atoms with Crippen molar-refractivity contribution in [2.24, 2.45) is 5.92 Å². The average Bonchev–Trinajstić information content (AvgIpc) is 2.78. The smallest absolute Gasteiger partial charge is 0.164 e. The maximum Gasteiger partial charge on any atom is 0.164 e. The lowest BCUT2D eigenvalue weighted by Gasteiger charge is -2.25. The van der Waals surface area contributed by atoms with Crippen molar-refractivity contribution in [3.05, 3.63) is 0 Å². The van der Waals surface area contributed by atoms with Crippen LogP contribution in [0, 0.1) is 5.92 Å².